The largest absolute Gasteiger partial charge is 0.318 e. The van der Waals surface area contributed by atoms with Gasteiger partial charge in [0.25, 0.3) is 11.8 Å². The molecule has 5 N–H and O–H groups in total. The van der Waals surface area contributed by atoms with Crippen LogP contribution in [0, 0.1) is 10.5 Å². The Balaban J connectivity index is 2.05. The van der Waals surface area contributed by atoms with Crippen LogP contribution in [0.1, 0.15) is 26.4 Å². The number of nitrogen functional groups attached to an aromatic ring is 1. The van der Waals surface area contributed by atoms with Crippen LogP contribution in [-0.4, -0.2) is 16.4 Å². The number of hydrogen-bond donors (Lipinski definition) is 3. The van der Waals surface area contributed by atoms with E-state index < -0.39 is 11.8 Å². The molecule has 3 rings (SSSR count). The van der Waals surface area contributed by atoms with E-state index in [1.807, 2.05) is 0 Å². The van der Waals surface area contributed by atoms with Crippen LogP contribution in [0.4, 0.5) is 5.69 Å². The Labute approximate surface area is 184 Å². The maximum Gasteiger partial charge on any atom is 0.303 e. The van der Waals surface area contributed by atoms with Gasteiger partial charge in [-0.3, -0.25) is 15.0 Å². The highest BCUT2D eigenvalue weighted by Crippen LogP contribution is 2.27. The van der Waals surface area contributed by atoms with Crippen molar-refractivity contribution in [1.82, 2.24) is 9.99 Å². The molecule has 2 amide bonds. The van der Waals surface area contributed by atoms with Crippen molar-refractivity contribution in [3.8, 4) is 5.82 Å². The van der Waals surface area contributed by atoms with Gasteiger partial charge in [-0.05, 0) is 59.3 Å². The minimum atomic E-state index is -0.565. The lowest BCUT2D eigenvalue weighted by molar-refractivity contribution is -0.373. The van der Waals surface area contributed by atoms with Crippen LogP contribution in [0.25, 0.3) is 5.82 Å². The summed E-state index contributed by atoms with van der Waals surface area (Å²) >= 11 is 14.4. The fourth-order valence-corrected chi connectivity index (χ4v) is 3.79. The average molecular weight is 531 g/mol. The van der Waals surface area contributed by atoms with E-state index in [0.717, 1.165) is 3.57 Å². The summed E-state index contributed by atoms with van der Waals surface area (Å²) < 4.78 is 2.48. The Morgan fingerprint density at radius 1 is 1.21 bits per heavy atom. The number of aromatic nitrogens is 2. The molecule has 0 atom stereocenters. The Kier molecular flexibility index (Phi) is 6.23. The highest BCUT2D eigenvalue weighted by Gasteiger charge is 2.25. The molecule has 0 aliphatic heterocycles. The molecular weight excluding hydrogens is 516 g/mol. The van der Waals surface area contributed by atoms with Crippen LogP contribution in [0.5, 0.6) is 0 Å². The van der Waals surface area contributed by atoms with Gasteiger partial charge in [0.05, 0.1) is 21.0 Å². The quantitative estimate of drug-likeness (QED) is 0.208. The Morgan fingerprint density at radius 3 is 2.64 bits per heavy atom. The second kappa shape index (κ2) is 8.48. The second-order valence-electron chi connectivity index (χ2n) is 5.85. The number of nitrogens with two attached hydrogens (primary N) is 1. The molecule has 0 spiro atoms. The van der Waals surface area contributed by atoms with Gasteiger partial charge in [-0.25, -0.2) is 10.8 Å². The fraction of sp³-hybridized carbons (Fsp3) is 0.0556. The summed E-state index contributed by atoms with van der Waals surface area (Å²) in [6, 6.07) is 8.27. The molecule has 0 aliphatic rings. The van der Waals surface area contributed by atoms with Gasteiger partial charge in [0.15, 0.2) is 5.69 Å². The number of hydrazine groups is 1. The lowest BCUT2D eigenvalue weighted by Crippen LogP contribution is -2.31. The number of amides is 2. The predicted octanol–water partition coefficient (Wildman–Crippen LogP) is 3.37. The molecule has 1 aromatic carbocycles. The lowest BCUT2D eigenvalue weighted by Gasteiger charge is -2.13. The van der Waals surface area contributed by atoms with Crippen molar-refractivity contribution >= 4 is 63.3 Å². The van der Waals surface area contributed by atoms with Crippen molar-refractivity contribution in [2.24, 2.45) is 5.84 Å². The van der Waals surface area contributed by atoms with Gasteiger partial charge in [0, 0.05) is 11.1 Å². The molecule has 144 valence electrons. The third-order valence-electron chi connectivity index (χ3n) is 3.96. The van der Waals surface area contributed by atoms with Crippen molar-refractivity contribution in [1.29, 1.82) is 0 Å². The van der Waals surface area contributed by atoms with E-state index in [2.05, 4.69) is 38.3 Å². The summed E-state index contributed by atoms with van der Waals surface area (Å²) in [5.41, 5.74) is 3.50. The first-order chi connectivity index (χ1) is 13.3. The lowest BCUT2D eigenvalue weighted by atomic mass is 10.1. The number of anilines is 1. The Hall–Kier alpha value is -2.14. The van der Waals surface area contributed by atoms with E-state index >= 15 is 0 Å². The normalized spacial score (nSPS) is 10.6. The van der Waals surface area contributed by atoms with Gasteiger partial charge in [-0.15, -0.1) is 0 Å². The molecule has 0 radical (unpaired) electrons. The zero-order valence-corrected chi connectivity index (χ0v) is 18.2. The third kappa shape index (κ3) is 4.14. The SMILES string of the molecule is Cc1cc(Cl)cc(C(=O)NN)c1NC(=O)c1cc(I)cn1-c1[nH+]cccc1Cl. The highest BCUT2D eigenvalue weighted by atomic mass is 127. The number of aromatic amines is 1. The molecule has 3 aromatic rings. The number of benzene rings is 1. The highest BCUT2D eigenvalue weighted by molar-refractivity contribution is 14.1. The van der Waals surface area contributed by atoms with Crippen molar-refractivity contribution in [2.75, 3.05) is 5.32 Å². The molecule has 2 heterocycles. The molecule has 0 saturated heterocycles. The number of H-pyrrole nitrogens is 1. The van der Waals surface area contributed by atoms with E-state index in [1.165, 1.54) is 6.07 Å². The molecule has 0 aliphatic carbocycles. The molecule has 7 nitrogen and oxygen atoms in total. The van der Waals surface area contributed by atoms with Crippen LogP contribution in [0.2, 0.25) is 10.0 Å². The van der Waals surface area contributed by atoms with E-state index in [0.29, 0.717) is 32.8 Å². The first-order valence-electron chi connectivity index (χ1n) is 7.98. The second-order valence-corrected chi connectivity index (χ2v) is 7.94. The van der Waals surface area contributed by atoms with Gasteiger partial charge >= 0.3 is 5.82 Å². The van der Waals surface area contributed by atoms with E-state index in [4.69, 9.17) is 29.0 Å². The van der Waals surface area contributed by atoms with Gasteiger partial charge in [0.1, 0.15) is 11.2 Å². The first-order valence-corrected chi connectivity index (χ1v) is 9.82. The summed E-state index contributed by atoms with van der Waals surface area (Å²) in [5.74, 6) is 4.81. The zero-order valence-electron chi connectivity index (χ0n) is 14.5. The van der Waals surface area contributed by atoms with E-state index in [-0.39, 0.29) is 5.56 Å². The molecule has 10 heteroatoms. The van der Waals surface area contributed by atoms with Crippen LogP contribution < -0.4 is 21.6 Å². The van der Waals surface area contributed by atoms with Gasteiger partial charge < -0.3 is 5.32 Å². The maximum atomic E-state index is 13.0. The van der Waals surface area contributed by atoms with Crippen molar-refractivity contribution < 1.29 is 14.6 Å². The van der Waals surface area contributed by atoms with Crippen LogP contribution in [0.15, 0.2) is 42.7 Å². The van der Waals surface area contributed by atoms with Crippen molar-refractivity contribution in [2.45, 2.75) is 6.92 Å². The monoisotopic (exact) mass is 530 g/mol. The van der Waals surface area contributed by atoms with Crippen LogP contribution in [-0.2, 0) is 0 Å². The molecule has 0 bridgehead atoms. The number of nitrogens with one attached hydrogen (secondary N) is 3. The molecule has 28 heavy (non-hydrogen) atoms. The fourth-order valence-electron chi connectivity index (χ4n) is 2.73. The molecule has 0 unspecified atom stereocenters. The Morgan fingerprint density at radius 2 is 1.96 bits per heavy atom. The molecular formula is C18H15Cl2IN5O2+. The van der Waals surface area contributed by atoms with Gasteiger partial charge in [0.2, 0.25) is 0 Å². The summed E-state index contributed by atoms with van der Waals surface area (Å²) in [6.45, 7) is 1.74. The summed E-state index contributed by atoms with van der Waals surface area (Å²) in [7, 11) is 0. The molecule has 2 aromatic heterocycles. The van der Waals surface area contributed by atoms with E-state index in [9.17, 15) is 9.59 Å². The number of nitrogens with zero attached hydrogens (tertiary/aromatic N) is 1. The summed E-state index contributed by atoms with van der Waals surface area (Å²) in [6.07, 6.45) is 3.48. The standard InChI is InChI=1S/C18H14Cl2IN5O2/c1-9-5-10(19)6-12(17(27)25-22)15(9)24-18(28)14-7-11(21)8-26(14)16-13(20)3-2-4-23-16/h2-8H,22H2,1H3,(H,24,28)(H,25,27)/p+1. The van der Waals surface area contributed by atoms with Gasteiger partial charge in [-0.1, -0.05) is 23.2 Å². The smallest absolute Gasteiger partial charge is 0.303 e. The summed E-state index contributed by atoms with van der Waals surface area (Å²) in [4.78, 5) is 28.2. The molecule has 0 saturated carbocycles. The minimum Gasteiger partial charge on any atom is -0.318 e. The number of rotatable bonds is 4. The number of aryl methyl sites for hydroxylation is 1. The van der Waals surface area contributed by atoms with Crippen LogP contribution >= 0.6 is 45.8 Å². The van der Waals surface area contributed by atoms with E-state index in [1.54, 1.807) is 48.1 Å². The number of carbonyl (C=O) groups is 2. The molecule has 0 fully saturated rings. The number of halogens is 3. The third-order valence-corrected chi connectivity index (χ3v) is 5.07. The minimum absolute atomic E-state index is 0.165. The Bertz CT molecular complexity index is 1080. The van der Waals surface area contributed by atoms with Crippen LogP contribution in [0.3, 0.4) is 0 Å². The number of pyridine rings is 1. The average Bonchev–Trinajstić information content (AvgIpc) is 3.05. The first kappa shape index (κ1) is 20.6. The topological polar surface area (TPSA) is 103 Å². The predicted molar refractivity (Wildman–Crippen MR) is 116 cm³/mol. The van der Waals surface area contributed by atoms with Crippen molar-refractivity contribution in [3.63, 3.8) is 0 Å². The number of carbonyl (C=O) groups excluding carboxylic acids is 2. The van der Waals surface area contributed by atoms with Crippen molar-refractivity contribution in [3.05, 3.63) is 73.2 Å². The maximum absolute atomic E-state index is 13.0. The number of hydrogen-bond acceptors (Lipinski definition) is 3. The summed E-state index contributed by atoms with van der Waals surface area (Å²) in [5, 5.41) is 3.60. The van der Waals surface area contributed by atoms with Gasteiger partial charge in [-0.2, -0.15) is 4.57 Å². The zero-order chi connectivity index (χ0) is 20.4.